The van der Waals surface area contributed by atoms with Crippen LogP contribution in [0, 0.1) is 0 Å². The van der Waals surface area contributed by atoms with Crippen molar-refractivity contribution in [1.29, 1.82) is 0 Å². The van der Waals surface area contributed by atoms with Gasteiger partial charge < -0.3 is 14.8 Å². The summed E-state index contributed by atoms with van der Waals surface area (Å²) in [7, 11) is 3.69. The second kappa shape index (κ2) is 6.88. The number of rotatable bonds is 6. The van der Waals surface area contributed by atoms with Crippen molar-refractivity contribution in [2.24, 2.45) is 7.05 Å². The zero-order valence-electron chi connectivity index (χ0n) is 12.7. The molecule has 2 heterocycles. The maximum Gasteiger partial charge on any atom is 0.257 e. The summed E-state index contributed by atoms with van der Waals surface area (Å²) in [6.07, 6.45) is 6.26. The van der Waals surface area contributed by atoms with Crippen LogP contribution in [-0.4, -0.2) is 38.9 Å². The van der Waals surface area contributed by atoms with Gasteiger partial charge in [-0.2, -0.15) is 0 Å². The van der Waals surface area contributed by atoms with Gasteiger partial charge in [-0.1, -0.05) is 6.92 Å². The van der Waals surface area contributed by atoms with Gasteiger partial charge in [0.1, 0.15) is 11.6 Å². The first-order valence-electron chi connectivity index (χ1n) is 7.04. The average molecular weight is 287 g/mol. The molecule has 0 aliphatic heterocycles. The van der Waals surface area contributed by atoms with Gasteiger partial charge in [0.25, 0.3) is 5.91 Å². The molecular weight excluding hydrogens is 266 g/mol. The van der Waals surface area contributed by atoms with Crippen molar-refractivity contribution in [3.8, 4) is 0 Å². The minimum absolute atomic E-state index is 0.0651. The van der Waals surface area contributed by atoms with Crippen LogP contribution in [0.4, 0.5) is 5.82 Å². The maximum absolute atomic E-state index is 12.6. The molecule has 1 amide bonds. The monoisotopic (exact) mass is 287 g/mol. The topological polar surface area (TPSA) is 63.1 Å². The highest BCUT2D eigenvalue weighted by atomic mass is 16.2. The Morgan fingerprint density at radius 2 is 2.19 bits per heavy atom. The first kappa shape index (κ1) is 15.0. The van der Waals surface area contributed by atoms with E-state index in [-0.39, 0.29) is 5.91 Å². The van der Waals surface area contributed by atoms with Crippen LogP contribution in [0.15, 0.2) is 30.7 Å². The average Bonchev–Trinajstić information content (AvgIpc) is 2.90. The Hall–Kier alpha value is -2.37. The third-order valence-electron chi connectivity index (χ3n) is 3.23. The van der Waals surface area contributed by atoms with E-state index in [0.717, 1.165) is 18.8 Å². The number of hydrogen-bond donors (Lipinski definition) is 1. The number of hydrogen-bond acceptors (Lipinski definition) is 4. The molecule has 21 heavy (non-hydrogen) atoms. The van der Waals surface area contributed by atoms with Crippen molar-refractivity contribution in [2.75, 3.05) is 18.9 Å². The van der Waals surface area contributed by atoms with Gasteiger partial charge in [-0.25, -0.2) is 9.97 Å². The van der Waals surface area contributed by atoms with E-state index in [9.17, 15) is 4.79 Å². The van der Waals surface area contributed by atoms with E-state index in [1.807, 2.05) is 17.8 Å². The second-order valence-corrected chi connectivity index (χ2v) is 4.94. The fourth-order valence-corrected chi connectivity index (χ4v) is 2.00. The first-order valence-corrected chi connectivity index (χ1v) is 7.04. The van der Waals surface area contributed by atoms with E-state index < -0.39 is 0 Å². The molecule has 2 aromatic heterocycles. The second-order valence-electron chi connectivity index (χ2n) is 4.94. The standard InChI is InChI=1S/C15H21N5O/c1-4-7-17-14-12(6-5-8-18-14)15(21)20(3)11-13-16-9-10-19(13)2/h5-6,8-10H,4,7,11H2,1-3H3,(H,17,18). The number of carbonyl (C=O) groups excluding carboxylic acids is 1. The first-order chi connectivity index (χ1) is 10.1. The number of aryl methyl sites for hydroxylation is 1. The number of aromatic nitrogens is 3. The lowest BCUT2D eigenvalue weighted by atomic mass is 10.2. The Balaban J connectivity index is 2.13. The van der Waals surface area contributed by atoms with Gasteiger partial charge in [0.2, 0.25) is 0 Å². The van der Waals surface area contributed by atoms with E-state index in [1.165, 1.54) is 0 Å². The fourth-order valence-electron chi connectivity index (χ4n) is 2.00. The third kappa shape index (κ3) is 3.59. The van der Waals surface area contributed by atoms with Crippen LogP contribution in [0.1, 0.15) is 29.5 Å². The molecule has 0 radical (unpaired) electrons. The molecule has 6 heteroatoms. The van der Waals surface area contributed by atoms with Crippen LogP contribution in [-0.2, 0) is 13.6 Å². The largest absolute Gasteiger partial charge is 0.369 e. The Kier molecular flexibility index (Phi) is 4.92. The lowest BCUT2D eigenvalue weighted by Crippen LogP contribution is -2.28. The number of pyridine rings is 1. The SMILES string of the molecule is CCCNc1ncccc1C(=O)N(C)Cc1nccn1C. The highest BCUT2D eigenvalue weighted by molar-refractivity contribution is 5.98. The number of imidazole rings is 1. The minimum Gasteiger partial charge on any atom is -0.369 e. The molecule has 0 atom stereocenters. The number of amides is 1. The molecule has 6 nitrogen and oxygen atoms in total. The van der Waals surface area contributed by atoms with Crippen LogP contribution < -0.4 is 5.32 Å². The van der Waals surface area contributed by atoms with Crippen molar-refractivity contribution in [1.82, 2.24) is 19.4 Å². The molecule has 112 valence electrons. The van der Waals surface area contributed by atoms with E-state index in [4.69, 9.17) is 0 Å². The Morgan fingerprint density at radius 1 is 1.38 bits per heavy atom. The molecule has 0 bridgehead atoms. The van der Waals surface area contributed by atoms with Gasteiger partial charge >= 0.3 is 0 Å². The Bertz CT molecular complexity index is 608. The lowest BCUT2D eigenvalue weighted by Gasteiger charge is -2.18. The van der Waals surface area contributed by atoms with Gasteiger partial charge in [0.15, 0.2) is 0 Å². The smallest absolute Gasteiger partial charge is 0.257 e. The molecule has 0 saturated carbocycles. The molecule has 0 saturated heterocycles. The zero-order chi connectivity index (χ0) is 15.2. The minimum atomic E-state index is -0.0651. The molecule has 0 aliphatic rings. The van der Waals surface area contributed by atoms with E-state index >= 15 is 0 Å². The third-order valence-corrected chi connectivity index (χ3v) is 3.23. The van der Waals surface area contributed by atoms with Gasteiger partial charge in [0.05, 0.1) is 12.1 Å². The van der Waals surface area contributed by atoms with E-state index in [2.05, 4.69) is 22.2 Å². The molecule has 0 spiro atoms. The molecule has 1 N–H and O–H groups in total. The molecule has 0 unspecified atom stereocenters. The summed E-state index contributed by atoms with van der Waals surface area (Å²) in [5.41, 5.74) is 0.586. The van der Waals surface area contributed by atoms with Crippen LogP contribution >= 0.6 is 0 Å². The number of anilines is 1. The van der Waals surface area contributed by atoms with Crippen LogP contribution in [0.25, 0.3) is 0 Å². The summed E-state index contributed by atoms with van der Waals surface area (Å²) in [6.45, 7) is 3.33. The number of nitrogens with one attached hydrogen (secondary N) is 1. The molecule has 0 aliphatic carbocycles. The van der Waals surface area contributed by atoms with E-state index in [1.54, 1.807) is 36.5 Å². The van der Waals surface area contributed by atoms with Crippen molar-refractivity contribution < 1.29 is 4.79 Å². The zero-order valence-corrected chi connectivity index (χ0v) is 12.7. The predicted molar refractivity (Wildman–Crippen MR) is 82.0 cm³/mol. The predicted octanol–water partition coefficient (Wildman–Crippen LogP) is 1.91. The summed E-state index contributed by atoms with van der Waals surface area (Å²) in [6, 6.07) is 3.57. The maximum atomic E-state index is 12.6. The van der Waals surface area contributed by atoms with Gasteiger partial charge in [-0.15, -0.1) is 0 Å². The Labute approximate surface area is 124 Å². The van der Waals surface area contributed by atoms with Crippen LogP contribution in [0.5, 0.6) is 0 Å². The molecule has 2 aromatic rings. The molecule has 2 rings (SSSR count). The molecule has 0 fully saturated rings. The Morgan fingerprint density at radius 3 is 2.86 bits per heavy atom. The lowest BCUT2D eigenvalue weighted by molar-refractivity contribution is 0.0781. The summed E-state index contributed by atoms with van der Waals surface area (Å²) in [4.78, 5) is 22.7. The summed E-state index contributed by atoms with van der Waals surface area (Å²) in [5, 5.41) is 3.19. The summed E-state index contributed by atoms with van der Waals surface area (Å²) >= 11 is 0. The fraction of sp³-hybridized carbons (Fsp3) is 0.400. The van der Waals surface area contributed by atoms with Gasteiger partial charge in [-0.05, 0) is 18.6 Å². The van der Waals surface area contributed by atoms with Crippen molar-refractivity contribution >= 4 is 11.7 Å². The number of carbonyl (C=O) groups is 1. The van der Waals surface area contributed by atoms with Gasteiger partial charge in [0, 0.05) is 39.2 Å². The van der Waals surface area contributed by atoms with Crippen molar-refractivity contribution in [2.45, 2.75) is 19.9 Å². The van der Waals surface area contributed by atoms with Gasteiger partial charge in [-0.3, -0.25) is 4.79 Å². The quantitative estimate of drug-likeness (QED) is 0.881. The van der Waals surface area contributed by atoms with Crippen molar-refractivity contribution in [3.63, 3.8) is 0 Å². The highest BCUT2D eigenvalue weighted by Crippen LogP contribution is 2.15. The normalized spacial score (nSPS) is 10.4. The molecular formula is C15H21N5O. The molecule has 0 aromatic carbocycles. The van der Waals surface area contributed by atoms with Crippen molar-refractivity contribution in [3.05, 3.63) is 42.1 Å². The summed E-state index contributed by atoms with van der Waals surface area (Å²) in [5.74, 6) is 1.42. The number of nitrogens with zero attached hydrogens (tertiary/aromatic N) is 4. The van der Waals surface area contributed by atoms with Crippen LogP contribution in [0.2, 0.25) is 0 Å². The van der Waals surface area contributed by atoms with Crippen LogP contribution in [0.3, 0.4) is 0 Å². The highest BCUT2D eigenvalue weighted by Gasteiger charge is 2.17. The summed E-state index contributed by atoms with van der Waals surface area (Å²) < 4.78 is 1.91. The van der Waals surface area contributed by atoms with E-state index in [0.29, 0.717) is 17.9 Å².